The average Bonchev–Trinajstić information content (AvgIpc) is 2.48. The second kappa shape index (κ2) is 7.81. The van der Waals surface area contributed by atoms with Gasteiger partial charge >= 0.3 is 0 Å². The summed E-state index contributed by atoms with van der Waals surface area (Å²) < 4.78 is 0. The SMILES string of the molecule is NC(=O)c1cccc(NC(=O)CCCC2CCCCC2)c1. The first-order chi connectivity index (χ1) is 10.1. The van der Waals surface area contributed by atoms with Crippen LogP contribution < -0.4 is 11.1 Å². The Bertz CT molecular complexity index is 493. The largest absolute Gasteiger partial charge is 0.366 e. The Balaban J connectivity index is 1.73. The molecular formula is C17H24N2O2. The lowest BCUT2D eigenvalue weighted by molar-refractivity contribution is -0.116. The molecule has 1 aromatic carbocycles. The summed E-state index contributed by atoms with van der Waals surface area (Å²) in [5, 5.41) is 2.83. The van der Waals surface area contributed by atoms with Gasteiger partial charge in [0.25, 0.3) is 0 Å². The molecular weight excluding hydrogens is 264 g/mol. The highest BCUT2D eigenvalue weighted by Crippen LogP contribution is 2.27. The van der Waals surface area contributed by atoms with Crippen LogP contribution in [-0.2, 0) is 4.79 Å². The summed E-state index contributed by atoms with van der Waals surface area (Å²) in [6.07, 6.45) is 9.32. The molecule has 1 aliphatic rings. The fourth-order valence-electron chi connectivity index (χ4n) is 3.00. The van der Waals surface area contributed by atoms with Crippen molar-refractivity contribution in [3.8, 4) is 0 Å². The van der Waals surface area contributed by atoms with Crippen molar-refractivity contribution < 1.29 is 9.59 Å². The maximum absolute atomic E-state index is 11.9. The molecule has 0 bridgehead atoms. The summed E-state index contributed by atoms with van der Waals surface area (Å²) in [7, 11) is 0. The van der Waals surface area contributed by atoms with Gasteiger partial charge in [-0.25, -0.2) is 0 Å². The van der Waals surface area contributed by atoms with Crippen LogP contribution in [0.5, 0.6) is 0 Å². The number of nitrogens with one attached hydrogen (secondary N) is 1. The van der Waals surface area contributed by atoms with E-state index in [1.54, 1.807) is 24.3 Å². The van der Waals surface area contributed by atoms with Crippen molar-refractivity contribution in [3.63, 3.8) is 0 Å². The maximum Gasteiger partial charge on any atom is 0.248 e. The Hall–Kier alpha value is -1.84. The summed E-state index contributed by atoms with van der Waals surface area (Å²) in [5.74, 6) is 0.334. The summed E-state index contributed by atoms with van der Waals surface area (Å²) in [6.45, 7) is 0. The van der Waals surface area contributed by atoms with Crippen molar-refractivity contribution in [2.24, 2.45) is 11.7 Å². The minimum Gasteiger partial charge on any atom is -0.366 e. The lowest BCUT2D eigenvalue weighted by Crippen LogP contribution is -2.14. The molecule has 1 aliphatic carbocycles. The molecule has 1 aromatic rings. The number of amides is 2. The predicted molar refractivity (Wildman–Crippen MR) is 84.0 cm³/mol. The number of anilines is 1. The molecule has 0 spiro atoms. The molecule has 21 heavy (non-hydrogen) atoms. The van der Waals surface area contributed by atoms with Gasteiger partial charge in [0.05, 0.1) is 0 Å². The van der Waals surface area contributed by atoms with E-state index in [1.807, 2.05) is 0 Å². The molecule has 0 saturated heterocycles. The molecule has 1 saturated carbocycles. The van der Waals surface area contributed by atoms with Crippen molar-refractivity contribution >= 4 is 17.5 Å². The van der Waals surface area contributed by atoms with Gasteiger partial charge in [-0.2, -0.15) is 0 Å². The van der Waals surface area contributed by atoms with Gasteiger partial charge in [-0.3, -0.25) is 9.59 Å². The van der Waals surface area contributed by atoms with Crippen molar-refractivity contribution in [1.29, 1.82) is 0 Å². The first kappa shape index (κ1) is 15.5. The lowest BCUT2D eigenvalue weighted by Gasteiger charge is -2.21. The molecule has 0 unspecified atom stereocenters. The number of hydrogen-bond acceptors (Lipinski definition) is 2. The van der Waals surface area contributed by atoms with Crippen LogP contribution in [0.3, 0.4) is 0 Å². The molecule has 3 N–H and O–H groups in total. The topological polar surface area (TPSA) is 72.2 Å². The van der Waals surface area contributed by atoms with E-state index in [0.717, 1.165) is 18.8 Å². The molecule has 1 fully saturated rings. The average molecular weight is 288 g/mol. The van der Waals surface area contributed by atoms with E-state index in [9.17, 15) is 9.59 Å². The van der Waals surface area contributed by atoms with Crippen molar-refractivity contribution in [2.75, 3.05) is 5.32 Å². The number of benzene rings is 1. The summed E-state index contributed by atoms with van der Waals surface area (Å²) in [4.78, 5) is 23.0. The van der Waals surface area contributed by atoms with Crippen LogP contribution in [0.15, 0.2) is 24.3 Å². The molecule has 4 nitrogen and oxygen atoms in total. The Morgan fingerprint density at radius 3 is 2.67 bits per heavy atom. The van der Waals surface area contributed by atoms with Crippen molar-refractivity contribution in [2.45, 2.75) is 51.4 Å². The van der Waals surface area contributed by atoms with Crippen molar-refractivity contribution in [3.05, 3.63) is 29.8 Å². The molecule has 4 heteroatoms. The summed E-state index contributed by atoms with van der Waals surface area (Å²) in [6, 6.07) is 6.74. The van der Waals surface area contributed by atoms with Gasteiger partial charge in [-0.15, -0.1) is 0 Å². The second-order valence-corrected chi connectivity index (χ2v) is 5.89. The summed E-state index contributed by atoms with van der Waals surface area (Å²) >= 11 is 0. The number of carbonyl (C=O) groups is 2. The number of hydrogen-bond donors (Lipinski definition) is 2. The molecule has 114 valence electrons. The normalized spacial score (nSPS) is 15.6. The smallest absolute Gasteiger partial charge is 0.248 e. The third kappa shape index (κ3) is 5.21. The Kier molecular flexibility index (Phi) is 5.78. The standard InChI is InChI=1S/C17H24N2O2/c18-17(21)14-9-5-10-15(12-14)19-16(20)11-4-8-13-6-2-1-3-7-13/h5,9-10,12-13H,1-4,6-8,11H2,(H2,18,21)(H,19,20). The molecule has 0 aromatic heterocycles. The van der Waals surface area contributed by atoms with E-state index >= 15 is 0 Å². The van der Waals surface area contributed by atoms with Gasteiger partial charge in [0.15, 0.2) is 0 Å². The zero-order chi connectivity index (χ0) is 15.1. The lowest BCUT2D eigenvalue weighted by atomic mass is 9.86. The van der Waals surface area contributed by atoms with Gasteiger partial charge in [0.2, 0.25) is 11.8 Å². The van der Waals surface area contributed by atoms with Gasteiger partial charge in [0, 0.05) is 17.7 Å². The highest BCUT2D eigenvalue weighted by molar-refractivity contribution is 5.96. The number of primary amides is 1. The molecule has 2 rings (SSSR count). The predicted octanol–water partition coefficient (Wildman–Crippen LogP) is 3.47. The van der Waals surface area contributed by atoms with Crippen LogP contribution in [0.2, 0.25) is 0 Å². The molecule has 0 heterocycles. The highest BCUT2D eigenvalue weighted by Gasteiger charge is 2.13. The molecule has 2 amide bonds. The zero-order valence-electron chi connectivity index (χ0n) is 12.4. The van der Waals surface area contributed by atoms with Gasteiger partial charge in [-0.05, 0) is 37.0 Å². The van der Waals surface area contributed by atoms with Crippen molar-refractivity contribution in [1.82, 2.24) is 0 Å². The Morgan fingerprint density at radius 2 is 1.95 bits per heavy atom. The van der Waals surface area contributed by atoms with E-state index < -0.39 is 5.91 Å². The fourth-order valence-corrected chi connectivity index (χ4v) is 3.00. The summed E-state index contributed by atoms with van der Waals surface area (Å²) in [5.41, 5.74) is 6.27. The number of rotatable bonds is 6. The monoisotopic (exact) mass is 288 g/mol. The first-order valence-electron chi connectivity index (χ1n) is 7.85. The zero-order valence-corrected chi connectivity index (χ0v) is 12.4. The van der Waals surface area contributed by atoms with Crippen LogP contribution in [0.25, 0.3) is 0 Å². The quantitative estimate of drug-likeness (QED) is 0.841. The van der Waals surface area contributed by atoms with E-state index in [2.05, 4.69) is 5.32 Å². The minimum absolute atomic E-state index is 0.00688. The van der Waals surface area contributed by atoms with Crippen LogP contribution >= 0.6 is 0 Å². The van der Waals surface area contributed by atoms with Crippen LogP contribution in [0.1, 0.15) is 61.7 Å². The highest BCUT2D eigenvalue weighted by atomic mass is 16.2. The third-order valence-corrected chi connectivity index (χ3v) is 4.17. The minimum atomic E-state index is -0.483. The number of nitrogens with two attached hydrogens (primary N) is 1. The van der Waals surface area contributed by atoms with Crippen LogP contribution in [-0.4, -0.2) is 11.8 Å². The fraction of sp³-hybridized carbons (Fsp3) is 0.529. The van der Waals surface area contributed by atoms with E-state index in [4.69, 9.17) is 5.73 Å². The van der Waals surface area contributed by atoms with Crippen LogP contribution in [0, 0.1) is 5.92 Å². The third-order valence-electron chi connectivity index (χ3n) is 4.17. The molecule has 0 atom stereocenters. The maximum atomic E-state index is 11.9. The van der Waals surface area contributed by atoms with E-state index in [-0.39, 0.29) is 5.91 Å². The van der Waals surface area contributed by atoms with E-state index in [0.29, 0.717) is 17.7 Å². The number of carbonyl (C=O) groups excluding carboxylic acids is 2. The van der Waals surface area contributed by atoms with Gasteiger partial charge < -0.3 is 11.1 Å². The Morgan fingerprint density at radius 1 is 1.19 bits per heavy atom. The first-order valence-corrected chi connectivity index (χ1v) is 7.85. The van der Waals surface area contributed by atoms with Crippen LogP contribution in [0.4, 0.5) is 5.69 Å². The van der Waals surface area contributed by atoms with Gasteiger partial charge in [0.1, 0.15) is 0 Å². The Labute approximate surface area is 126 Å². The molecule has 0 aliphatic heterocycles. The molecule has 0 radical (unpaired) electrons. The second-order valence-electron chi connectivity index (χ2n) is 5.89. The van der Waals surface area contributed by atoms with Gasteiger partial charge in [-0.1, -0.05) is 38.2 Å². The van der Waals surface area contributed by atoms with E-state index in [1.165, 1.54) is 32.1 Å².